The number of carbonyl (C=O) groups is 1. The van der Waals surface area contributed by atoms with E-state index in [1.807, 2.05) is 20.8 Å². The van der Waals surface area contributed by atoms with E-state index in [4.69, 9.17) is 27.9 Å². The summed E-state index contributed by atoms with van der Waals surface area (Å²) in [6.07, 6.45) is 2.17. The number of aromatic nitrogens is 1. The zero-order chi connectivity index (χ0) is 22.5. The van der Waals surface area contributed by atoms with Crippen LogP contribution in [0.5, 0.6) is 5.75 Å². The SMILES string of the molecule is COc1c(C(=O)NC2CN3CCC2CC3)n(CC(C)(C)C)c(=O)c2cc(Cl)c(Cl)cc12. The van der Waals surface area contributed by atoms with Crippen molar-refractivity contribution in [3.05, 3.63) is 38.2 Å². The first-order valence-corrected chi connectivity index (χ1v) is 11.5. The molecule has 168 valence electrons. The largest absolute Gasteiger partial charge is 0.494 e. The molecule has 4 heterocycles. The summed E-state index contributed by atoms with van der Waals surface area (Å²) in [5.41, 5.74) is -0.267. The third kappa shape index (κ3) is 4.30. The van der Waals surface area contributed by atoms with Crippen molar-refractivity contribution in [3.8, 4) is 5.75 Å². The van der Waals surface area contributed by atoms with Crippen LogP contribution in [0, 0.1) is 11.3 Å². The van der Waals surface area contributed by atoms with E-state index in [9.17, 15) is 9.59 Å². The first-order chi connectivity index (χ1) is 14.6. The number of nitrogens with one attached hydrogen (secondary N) is 1. The third-order valence-electron chi connectivity index (χ3n) is 6.29. The Hall–Kier alpha value is -1.76. The van der Waals surface area contributed by atoms with Crippen molar-refractivity contribution < 1.29 is 9.53 Å². The minimum atomic E-state index is -0.287. The first-order valence-electron chi connectivity index (χ1n) is 10.7. The Kier molecular flexibility index (Phi) is 6.01. The van der Waals surface area contributed by atoms with Gasteiger partial charge in [0, 0.05) is 24.5 Å². The molecule has 0 spiro atoms. The van der Waals surface area contributed by atoms with Crippen LogP contribution in [0.3, 0.4) is 0 Å². The molecule has 6 nitrogen and oxygen atoms in total. The van der Waals surface area contributed by atoms with Crippen LogP contribution in [0.1, 0.15) is 44.1 Å². The third-order valence-corrected chi connectivity index (χ3v) is 7.01. The highest BCUT2D eigenvalue weighted by Gasteiger charge is 2.36. The molecule has 31 heavy (non-hydrogen) atoms. The number of halogens is 2. The number of hydrogen-bond acceptors (Lipinski definition) is 4. The van der Waals surface area contributed by atoms with E-state index in [2.05, 4.69) is 10.2 Å². The van der Waals surface area contributed by atoms with Gasteiger partial charge in [-0.3, -0.25) is 14.2 Å². The highest BCUT2D eigenvalue weighted by Crippen LogP contribution is 2.35. The number of ether oxygens (including phenoxy) is 1. The van der Waals surface area contributed by atoms with Crippen LogP contribution in [0.25, 0.3) is 10.8 Å². The number of fused-ring (bicyclic) bond motifs is 4. The molecule has 0 aliphatic carbocycles. The van der Waals surface area contributed by atoms with Crippen LogP contribution in [-0.4, -0.2) is 48.2 Å². The number of benzene rings is 1. The van der Waals surface area contributed by atoms with Gasteiger partial charge in [0.25, 0.3) is 11.5 Å². The lowest BCUT2D eigenvalue weighted by Gasteiger charge is -2.45. The number of rotatable bonds is 4. The van der Waals surface area contributed by atoms with Gasteiger partial charge in [0.1, 0.15) is 0 Å². The zero-order valence-electron chi connectivity index (χ0n) is 18.4. The molecule has 1 unspecified atom stereocenters. The van der Waals surface area contributed by atoms with Gasteiger partial charge >= 0.3 is 0 Å². The zero-order valence-corrected chi connectivity index (χ0v) is 19.9. The van der Waals surface area contributed by atoms with E-state index < -0.39 is 0 Å². The van der Waals surface area contributed by atoms with Crippen molar-refractivity contribution in [1.29, 1.82) is 0 Å². The van der Waals surface area contributed by atoms with Crippen LogP contribution in [0.15, 0.2) is 16.9 Å². The minimum absolute atomic E-state index is 0.0717. The van der Waals surface area contributed by atoms with Crippen molar-refractivity contribution in [2.45, 2.75) is 46.2 Å². The Morgan fingerprint density at radius 3 is 2.29 bits per heavy atom. The van der Waals surface area contributed by atoms with Crippen molar-refractivity contribution in [3.63, 3.8) is 0 Å². The second-order valence-electron chi connectivity index (χ2n) is 9.86. The standard InChI is InChI=1S/C23H29Cl2N3O3/c1-23(2,3)12-28-19(21(29)26-18-11-27-7-5-13(18)6-8-27)20(31-4)14-9-16(24)17(25)10-15(14)22(28)30/h9-10,13,18H,5-8,11-12H2,1-4H3,(H,26,29). The molecule has 1 atom stereocenters. The molecule has 3 aliphatic rings. The summed E-state index contributed by atoms with van der Waals surface area (Å²) < 4.78 is 7.23. The minimum Gasteiger partial charge on any atom is -0.494 e. The molecule has 1 amide bonds. The molecule has 3 fully saturated rings. The summed E-state index contributed by atoms with van der Waals surface area (Å²) in [4.78, 5) is 29.5. The Morgan fingerprint density at radius 1 is 1.16 bits per heavy atom. The molecule has 0 radical (unpaired) electrons. The fraction of sp³-hybridized carbons (Fsp3) is 0.565. The Bertz CT molecular complexity index is 1080. The molecule has 2 aromatic rings. The quantitative estimate of drug-likeness (QED) is 0.734. The summed E-state index contributed by atoms with van der Waals surface area (Å²) in [5, 5.41) is 4.68. The van der Waals surface area contributed by atoms with E-state index in [-0.39, 0.29) is 28.6 Å². The normalized spacial score (nSPS) is 23.2. The van der Waals surface area contributed by atoms with Crippen LogP contribution in [-0.2, 0) is 6.54 Å². The maximum absolute atomic E-state index is 13.6. The predicted octanol–water partition coefficient (Wildman–Crippen LogP) is 4.19. The molecule has 2 bridgehead atoms. The van der Waals surface area contributed by atoms with Crippen LogP contribution in [0.4, 0.5) is 0 Å². The summed E-state index contributed by atoms with van der Waals surface area (Å²) in [6.45, 7) is 9.47. The molecule has 8 heteroatoms. The molecular formula is C23H29Cl2N3O3. The predicted molar refractivity (Wildman–Crippen MR) is 125 cm³/mol. The summed E-state index contributed by atoms with van der Waals surface area (Å²) in [7, 11) is 1.51. The van der Waals surface area contributed by atoms with Gasteiger partial charge in [0.2, 0.25) is 0 Å². The van der Waals surface area contributed by atoms with Gasteiger partial charge in [-0.15, -0.1) is 0 Å². The van der Waals surface area contributed by atoms with Crippen LogP contribution >= 0.6 is 23.2 Å². The van der Waals surface area contributed by atoms with Gasteiger partial charge in [0.15, 0.2) is 11.4 Å². The van der Waals surface area contributed by atoms with Crippen LogP contribution < -0.4 is 15.6 Å². The monoisotopic (exact) mass is 465 g/mol. The van der Waals surface area contributed by atoms with Gasteiger partial charge in [-0.1, -0.05) is 44.0 Å². The topological polar surface area (TPSA) is 63.6 Å². The van der Waals surface area contributed by atoms with Gasteiger partial charge in [-0.25, -0.2) is 0 Å². The molecule has 1 aromatic carbocycles. The number of hydrogen-bond donors (Lipinski definition) is 1. The number of carbonyl (C=O) groups excluding carboxylic acids is 1. The van der Waals surface area contributed by atoms with Crippen molar-refractivity contribution in [2.24, 2.45) is 11.3 Å². The van der Waals surface area contributed by atoms with E-state index in [1.165, 1.54) is 11.7 Å². The highest BCUT2D eigenvalue weighted by molar-refractivity contribution is 6.42. The van der Waals surface area contributed by atoms with E-state index in [0.29, 0.717) is 39.0 Å². The fourth-order valence-corrected chi connectivity index (χ4v) is 5.16. The van der Waals surface area contributed by atoms with Gasteiger partial charge < -0.3 is 15.0 Å². The van der Waals surface area contributed by atoms with Gasteiger partial charge in [-0.2, -0.15) is 0 Å². The van der Waals surface area contributed by atoms with Crippen molar-refractivity contribution in [2.75, 3.05) is 26.7 Å². The summed E-state index contributed by atoms with van der Waals surface area (Å²) >= 11 is 12.4. The Morgan fingerprint density at radius 2 is 1.77 bits per heavy atom. The number of nitrogens with zero attached hydrogens (tertiary/aromatic N) is 2. The maximum atomic E-state index is 13.6. The first kappa shape index (κ1) is 22.4. The lowest BCUT2D eigenvalue weighted by molar-refractivity contribution is 0.0612. The van der Waals surface area contributed by atoms with Crippen molar-refractivity contribution >= 4 is 39.9 Å². The number of piperidine rings is 3. The molecular weight excluding hydrogens is 437 g/mol. The molecule has 5 rings (SSSR count). The lowest BCUT2D eigenvalue weighted by atomic mass is 9.84. The lowest BCUT2D eigenvalue weighted by Crippen LogP contribution is -2.57. The molecule has 1 aromatic heterocycles. The molecule has 1 N–H and O–H groups in total. The summed E-state index contributed by atoms with van der Waals surface area (Å²) in [6, 6.07) is 3.23. The average Bonchev–Trinajstić information content (AvgIpc) is 2.71. The second kappa shape index (κ2) is 8.30. The maximum Gasteiger partial charge on any atom is 0.272 e. The second-order valence-corrected chi connectivity index (χ2v) is 10.7. The number of methoxy groups -OCH3 is 1. The smallest absolute Gasteiger partial charge is 0.272 e. The fourth-order valence-electron chi connectivity index (χ4n) is 4.83. The van der Waals surface area contributed by atoms with Gasteiger partial charge in [0.05, 0.1) is 22.5 Å². The van der Waals surface area contributed by atoms with Gasteiger partial charge in [-0.05, 0) is 49.4 Å². The Labute approximate surface area is 192 Å². The molecule has 0 saturated carbocycles. The molecule has 3 saturated heterocycles. The highest BCUT2D eigenvalue weighted by atomic mass is 35.5. The van der Waals surface area contributed by atoms with E-state index in [0.717, 1.165) is 32.5 Å². The molecule has 3 aliphatic heterocycles. The van der Waals surface area contributed by atoms with E-state index in [1.54, 1.807) is 12.1 Å². The van der Waals surface area contributed by atoms with Crippen LogP contribution in [0.2, 0.25) is 10.0 Å². The van der Waals surface area contributed by atoms with Crippen molar-refractivity contribution in [1.82, 2.24) is 14.8 Å². The number of amides is 1. The Balaban J connectivity index is 1.87. The number of pyridine rings is 1. The summed E-state index contributed by atoms with van der Waals surface area (Å²) in [5.74, 6) is 0.526. The van der Waals surface area contributed by atoms with E-state index >= 15 is 0 Å². The average molecular weight is 466 g/mol.